The van der Waals surface area contributed by atoms with E-state index in [-0.39, 0.29) is 11.8 Å². The van der Waals surface area contributed by atoms with E-state index in [0.29, 0.717) is 12.5 Å². The van der Waals surface area contributed by atoms with Crippen LogP contribution in [0.4, 0.5) is 0 Å². The summed E-state index contributed by atoms with van der Waals surface area (Å²) < 4.78 is 27.3. The first-order valence-corrected chi connectivity index (χ1v) is 7.58. The van der Waals surface area contributed by atoms with Crippen molar-refractivity contribution >= 4 is 9.84 Å². The Hall–Kier alpha value is -0.130. The molecule has 0 spiro atoms. The zero-order valence-electron chi connectivity index (χ0n) is 9.31. The van der Waals surface area contributed by atoms with Crippen LogP contribution in [0.25, 0.3) is 0 Å². The molecule has 1 saturated heterocycles. The quantitative estimate of drug-likeness (QED) is 0.736. The van der Waals surface area contributed by atoms with Crippen molar-refractivity contribution in [3.63, 3.8) is 0 Å². The van der Waals surface area contributed by atoms with Crippen LogP contribution in [-0.4, -0.2) is 39.2 Å². The molecule has 2 atom stereocenters. The first kappa shape index (κ1) is 12.9. The predicted octanol–water partition coefficient (Wildman–Crippen LogP) is 0.708. The highest BCUT2D eigenvalue weighted by Crippen LogP contribution is 2.17. The molecule has 0 saturated carbocycles. The average Bonchev–Trinajstić information content (AvgIpc) is 2.62. The molecule has 0 bridgehead atoms. The zero-order chi connectivity index (χ0) is 11.3. The van der Waals surface area contributed by atoms with Gasteiger partial charge in [-0.2, -0.15) is 0 Å². The molecule has 1 aliphatic heterocycles. The number of sulfone groups is 1. The molecule has 0 aromatic carbocycles. The third kappa shape index (κ3) is 6.12. The van der Waals surface area contributed by atoms with Crippen LogP contribution < -0.4 is 5.73 Å². The summed E-state index contributed by atoms with van der Waals surface area (Å²) in [7, 11) is -2.87. The van der Waals surface area contributed by atoms with Crippen LogP contribution in [0, 0.1) is 0 Å². The van der Waals surface area contributed by atoms with Crippen molar-refractivity contribution in [2.24, 2.45) is 5.73 Å². The molecule has 0 aromatic rings. The van der Waals surface area contributed by atoms with Gasteiger partial charge in [0.15, 0.2) is 0 Å². The largest absolute Gasteiger partial charge is 0.378 e. The monoisotopic (exact) mass is 235 g/mol. The van der Waals surface area contributed by atoms with E-state index in [0.717, 1.165) is 32.3 Å². The molecule has 1 fully saturated rings. The molecule has 4 nitrogen and oxygen atoms in total. The molecule has 2 unspecified atom stereocenters. The summed E-state index contributed by atoms with van der Waals surface area (Å²) in [6.07, 6.45) is 6.26. The Morgan fingerprint density at radius 2 is 2.20 bits per heavy atom. The smallest absolute Gasteiger partial charge is 0.147 e. The van der Waals surface area contributed by atoms with Gasteiger partial charge < -0.3 is 10.5 Å². The minimum Gasteiger partial charge on any atom is -0.378 e. The van der Waals surface area contributed by atoms with Gasteiger partial charge in [0.05, 0.1) is 11.9 Å². The van der Waals surface area contributed by atoms with Gasteiger partial charge in [-0.1, -0.05) is 0 Å². The first-order valence-electron chi connectivity index (χ1n) is 5.52. The number of rotatable bonds is 6. The van der Waals surface area contributed by atoms with Gasteiger partial charge in [-0.25, -0.2) is 8.42 Å². The van der Waals surface area contributed by atoms with E-state index < -0.39 is 9.84 Å². The lowest BCUT2D eigenvalue weighted by molar-refractivity contribution is 0.101. The molecule has 90 valence electrons. The second-order valence-corrected chi connectivity index (χ2v) is 6.65. The molecule has 1 aliphatic rings. The van der Waals surface area contributed by atoms with Crippen molar-refractivity contribution in [1.29, 1.82) is 0 Å². The predicted molar refractivity (Wildman–Crippen MR) is 60.5 cm³/mol. The number of hydrogen-bond acceptors (Lipinski definition) is 4. The van der Waals surface area contributed by atoms with Crippen LogP contribution in [0.3, 0.4) is 0 Å². The van der Waals surface area contributed by atoms with Crippen LogP contribution in [0.2, 0.25) is 0 Å². The van der Waals surface area contributed by atoms with Crippen molar-refractivity contribution in [3.8, 4) is 0 Å². The van der Waals surface area contributed by atoms with Crippen LogP contribution in [0.1, 0.15) is 32.1 Å². The van der Waals surface area contributed by atoms with E-state index >= 15 is 0 Å². The lowest BCUT2D eigenvalue weighted by atomic mass is 10.1. The van der Waals surface area contributed by atoms with Gasteiger partial charge in [-0.3, -0.25) is 0 Å². The summed E-state index contributed by atoms with van der Waals surface area (Å²) in [6, 6.07) is -0.0103. The molecule has 0 aromatic heterocycles. The maximum Gasteiger partial charge on any atom is 0.147 e. The van der Waals surface area contributed by atoms with Crippen molar-refractivity contribution < 1.29 is 13.2 Å². The van der Waals surface area contributed by atoms with Crippen molar-refractivity contribution in [1.82, 2.24) is 0 Å². The van der Waals surface area contributed by atoms with Gasteiger partial charge in [0, 0.05) is 18.9 Å². The summed E-state index contributed by atoms with van der Waals surface area (Å²) >= 11 is 0. The van der Waals surface area contributed by atoms with E-state index in [1.54, 1.807) is 0 Å². The standard InChI is InChI=1S/C10H21NO3S/c1-15(12,13)8-6-9(11)4-5-10-3-2-7-14-10/h9-10H,2-8,11H2,1H3. The Morgan fingerprint density at radius 1 is 1.47 bits per heavy atom. The lowest BCUT2D eigenvalue weighted by Crippen LogP contribution is -2.25. The highest BCUT2D eigenvalue weighted by atomic mass is 32.2. The normalized spacial score (nSPS) is 24.3. The van der Waals surface area contributed by atoms with E-state index in [9.17, 15) is 8.42 Å². The molecule has 0 radical (unpaired) electrons. The molecule has 1 rings (SSSR count). The maximum atomic E-state index is 10.9. The molecular weight excluding hydrogens is 214 g/mol. The van der Waals surface area contributed by atoms with Crippen LogP contribution in [0.15, 0.2) is 0 Å². The van der Waals surface area contributed by atoms with E-state index in [1.165, 1.54) is 6.26 Å². The molecule has 2 N–H and O–H groups in total. The Balaban J connectivity index is 2.10. The summed E-state index contributed by atoms with van der Waals surface area (Å²) in [6.45, 7) is 0.864. The van der Waals surface area contributed by atoms with Crippen molar-refractivity contribution in [2.75, 3.05) is 18.6 Å². The average molecular weight is 235 g/mol. The fraction of sp³-hybridized carbons (Fsp3) is 1.00. The number of hydrogen-bond donors (Lipinski definition) is 1. The first-order chi connectivity index (χ1) is 6.97. The SMILES string of the molecule is CS(=O)(=O)CCC(N)CCC1CCCO1. The fourth-order valence-electron chi connectivity index (χ4n) is 1.78. The molecule has 1 heterocycles. The zero-order valence-corrected chi connectivity index (χ0v) is 10.1. The van der Waals surface area contributed by atoms with E-state index in [1.807, 2.05) is 0 Å². The highest BCUT2D eigenvalue weighted by Gasteiger charge is 2.17. The van der Waals surface area contributed by atoms with Gasteiger partial charge in [0.2, 0.25) is 0 Å². The van der Waals surface area contributed by atoms with Gasteiger partial charge in [0.25, 0.3) is 0 Å². The third-order valence-electron chi connectivity index (χ3n) is 2.74. The Kier molecular flexibility index (Phi) is 5.02. The van der Waals surface area contributed by atoms with Gasteiger partial charge in [0.1, 0.15) is 9.84 Å². The second kappa shape index (κ2) is 5.82. The Bertz CT molecular complexity index is 270. The van der Waals surface area contributed by atoms with Crippen molar-refractivity contribution in [2.45, 2.75) is 44.2 Å². The summed E-state index contributed by atoms with van der Waals surface area (Å²) in [5.74, 6) is 0.194. The summed E-state index contributed by atoms with van der Waals surface area (Å²) in [4.78, 5) is 0. The lowest BCUT2D eigenvalue weighted by Gasteiger charge is -2.13. The minimum atomic E-state index is -2.87. The molecule has 0 amide bonds. The fourth-order valence-corrected chi connectivity index (χ4v) is 2.51. The number of ether oxygens (including phenoxy) is 1. The highest BCUT2D eigenvalue weighted by molar-refractivity contribution is 7.90. The van der Waals surface area contributed by atoms with Gasteiger partial charge in [-0.05, 0) is 32.1 Å². The topological polar surface area (TPSA) is 69.4 Å². The maximum absolute atomic E-state index is 10.9. The molecule has 5 heteroatoms. The Morgan fingerprint density at radius 3 is 2.73 bits per heavy atom. The van der Waals surface area contributed by atoms with Gasteiger partial charge >= 0.3 is 0 Å². The number of nitrogens with two attached hydrogens (primary N) is 1. The molecule has 0 aliphatic carbocycles. The molecular formula is C10H21NO3S. The van der Waals surface area contributed by atoms with Crippen molar-refractivity contribution in [3.05, 3.63) is 0 Å². The van der Waals surface area contributed by atoms with Crippen LogP contribution >= 0.6 is 0 Å². The van der Waals surface area contributed by atoms with Crippen LogP contribution in [-0.2, 0) is 14.6 Å². The minimum absolute atomic E-state index is 0.0103. The van der Waals surface area contributed by atoms with Crippen LogP contribution in [0.5, 0.6) is 0 Å². The van der Waals surface area contributed by atoms with E-state index in [2.05, 4.69) is 0 Å². The molecule has 15 heavy (non-hydrogen) atoms. The Labute approximate surface area is 92.1 Å². The summed E-state index contributed by atoms with van der Waals surface area (Å²) in [5.41, 5.74) is 5.84. The van der Waals surface area contributed by atoms with Gasteiger partial charge in [-0.15, -0.1) is 0 Å². The van der Waals surface area contributed by atoms with E-state index in [4.69, 9.17) is 10.5 Å². The second-order valence-electron chi connectivity index (χ2n) is 4.39. The summed E-state index contributed by atoms with van der Waals surface area (Å²) in [5, 5.41) is 0. The third-order valence-corrected chi connectivity index (χ3v) is 3.72.